The number of fused-ring (bicyclic) bond motifs is 1. The third kappa shape index (κ3) is 2.16. The van der Waals surface area contributed by atoms with Crippen molar-refractivity contribution in [3.8, 4) is 0 Å². The Bertz CT molecular complexity index is 647. The molecule has 0 atom stereocenters. The number of nitrogens with zero attached hydrogens (tertiary/aromatic N) is 1. The molecule has 1 aliphatic heterocycles. The van der Waals surface area contributed by atoms with Gasteiger partial charge >= 0.3 is 0 Å². The molecule has 1 heterocycles. The van der Waals surface area contributed by atoms with Crippen LogP contribution < -0.4 is 10.6 Å². The van der Waals surface area contributed by atoms with Gasteiger partial charge in [-0.2, -0.15) is 0 Å². The maximum atomic E-state index is 12.7. The molecule has 2 aromatic carbocycles. The van der Waals surface area contributed by atoms with E-state index in [9.17, 15) is 4.79 Å². The Labute approximate surface area is 119 Å². The molecule has 2 N–H and O–H groups in total. The molecular formula is C17H18N2O. The van der Waals surface area contributed by atoms with Crippen LogP contribution in [0.15, 0.2) is 42.5 Å². The van der Waals surface area contributed by atoms with Crippen LogP contribution in [0.1, 0.15) is 27.9 Å². The molecule has 1 aliphatic rings. The van der Waals surface area contributed by atoms with E-state index < -0.39 is 0 Å². The standard InChI is InChI=1S/C17H18N2O/c1-12-7-9-14(10-8-12)17(20)19-11-3-5-13-4-2-6-15(18)16(13)19/h2,4,6-10H,3,5,11,18H2,1H3. The third-order valence-electron chi connectivity index (χ3n) is 3.79. The van der Waals surface area contributed by atoms with Gasteiger partial charge in [-0.05, 0) is 43.5 Å². The van der Waals surface area contributed by atoms with E-state index >= 15 is 0 Å². The van der Waals surface area contributed by atoms with Crippen LogP contribution in [-0.4, -0.2) is 12.5 Å². The molecule has 0 fully saturated rings. The van der Waals surface area contributed by atoms with E-state index in [1.54, 1.807) is 0 Å². The maximum absolute atomic E-state index is 12.7. The van der Waals surface area contributed by atoms with Crippen molar-refractivity contribution < 1.29 is 4.79 Å². The number of aryl methyl sites for hydroxylation is 2. The van der Waals surface area contributed by atoms with Crippen LogP contribution in [0.3, 0.4) is 0 Å². The predicted molar refractivity (Wildman–Crippen MR) is 82.0 cm³/mol. The van der Waals surface area contributed by atoms with Crippen LogP contribution in [-0.2, 0) is 6.42 Å². The molecule has 0 aliphatic carbocycles. The molecule has 3 rings (SSSR count). The van der Waals surface area contributed by atoms with E-state index in [4.69, 9.17) is 5.73 Å². The zero-order valence-electron chi connectivity index (χ0n) is 11.6. The Kier molecular flexibility index (Phi) is 3.18. The van der Waals surface area contributed by atoms with Crippen LogP contribution in [0.2, 0.25) is 0 Å². The fraction of sp³-hybridized carbons (Fsp3) is 0.235. The van der Waals surface area contributed by atoms with Gasteiger partial charge in [-0.15, -0.1) is 0 Å². The highest BCUT2D eigenvalue weighted by molar-refractivity contribution is 6.08. The monoisotopic (exact) mass is 266 g/mol. The average Bonchev–Trinajstić information content (AvgIpc) is 2.47. The number of rotatable bonds is 1. The van der Waals surface area contributed by atoms with Gasteiger partial charge in [0.15, 0.2) is 0 Å². The second-order valence-corrected chi connectivity index (χ2v) is 5.28. The second kappa shape index (κ2) is 5.00. The van der Waals surface area contributed by atoms with Gasteiger partial charge < -0.3 is 10.6 Å². The quantitative estimate of drug-likeness (QED) is 0.806. The fourth-order valence-electron chi connectivity index (χ4n) is 2.74. The SMILES string of the molecule is Cc1ccc(C(=O)N2CCCc3cccc(N)c32)cc1. The summed E-state index contributed by atoms with van der Waals surface area (Å²) in [7, 11) is 0. The number of carbonyl (C=O) groups excluding carboxylic acids is 1. The number of para-hydroxylation sites is 1. The van der Waals surface area contributed by atoms with Crippen LogP contribution in [0.25, 0.3) is 0 Å². The summed E-state index contributed by atoms with van der Waals surface area (Å²) in [4.78, 5) is 14.5. The van der Waals surface area contributed by atoms with Gasteiger partial charge in [0, 0.05) is 12.1 Å². The van der Waals surface area contributed by atoms with E-state index in [1.165, 1.54) is 0 Å². The van der Waals surface area contributed by atoms with Gasteiger partial charge in [0.05, 0.1) is 11.4 Å². The number of nitrogen functional groups attached to an aromatic ring is 1. The number of hydrogen-bond acceptors (Lipinski definition) is 2. The van der Waals surface area contributed by atoms with Crippen molar-refractivity contribution in [1.29, 1.82) is 0 Å². The normalized spacial score (nSPS) is 13.9. The van der Waals surface area contributed by atoms with E-state index in [-0.39, 0.29) is 5.91 Å². The van der Waals surface area contributed by atoms with Crippen LogP contribution in [0.4, 0.5) is 11.4 Å². The summed E-state index contributed by atoms with van der Waals surface area (Å²) in [6.45, 7) is 2.75. The van der Waals surface area contributed by atoms with Gasteiger partial charge in [-0.25, -0.2) is 0 Å². The molecule has 1 amide bonds. The average molecular weight is 266 g/mol. The largest absolute Gasteiger partial charge is 0.397 e. The van der Waals surface area contributed by atoms with Crippen LogP contribution in [0, 0.1) is 6.92 Å². The zero-order chi connectivity index (χ0) is 14.1. The summed E-state index contributed by atoms with van der Waals surface area (Å²) >= 11 is 0. The first kappa shape index (κ1) is 12.7. The molecule has 0 saturated heterocycles. The lowest BCUT2D eigenvalue weighted by molar-refractivity contribution is 0.0985. The minimum atomic E-state index is 0.0313. The second-order valence-electron chi connectivity index (χ2n) is 5.28. The lowest BCUT2D eigenvalue weighted by Crippen LogP contribution is -2.36. The highest BCUT2D eigenvalue weighted by Gasteiger charge is 2.25. The first-order valence-electron chi connectivity index (χ1n) is 6.93. The van der Waals surface area contributed by atoms with Crippen molar-refractivity contribution in [1.82, 2.24) is 0 Å². The van der Waals surface area contributed by atoms with Crippen molar-refractivity contribution in [2.75, 3.05) is 17.2 Å². The number of nitrogens with two attached hydrogens (primary N) is 1. The van der Waals surface area contributed by atoms with Crippen LogP contribution >= 0.6 is 0 Å². The lowest BCUT2D eigenvalue weighted by atomic mass is 9.99. The maximum Gasteiger partial charge on any atom is 0.258 e. The molecule has 0 saturated carbocycles. The van der Waals surface area contributed by atoms with Crippen molar-refractivity contribution in [2.24, 2.45) is 0 Å². The highest BCUT2D eigenvalue weighted by atomic mass is 16.2. The van der Waals surface area contributed by atoms with Crippen molar-refractivity contribution in [3.05, 3.63) is 59.2 Å². The highest BCUT2D eigenvalue weighted by Crippen LogP contribution is 2.33. The summed E-state index contributed by atoms with van der Waals surface area (Å²) in [5, 5.41) is 0. The number of hydrogen-bond donors (Lipinski definition) is 1. The minimum Gasteiger partial charge on any atom is -0.397 e. The third-order valence-corrected chi connectivity index (χ3v) is 3.79. The fourth-order valence-corrected chi connectivity index (χ4v) is 2.74. The summed E-state index contributed by atoms with van der Waals surface area (Å²) < 4.78 is 0. The molecule has 0 radical (unpaired) electrons. The molecule has 0 unspecified atom stereocenters. The lowest BCUT2D eigenvalue weighted by Gasteiger charge is -2.30. The van der Waals surface area contributed by atoms with E-state index in [0.717, 1.165) is 36.2 Å². The van der Waals surface area contributed by atoms with Gasteiger partial charge in [0.2, 0.25) is 0 Å². The Balaban J connectivity index is 2.00. The minimum absolute atomic E-state index is 0.0313. The van der Waals surface area contributed by atoms with Gasteiger partial charge in [0.25, 0.3) is 5.91 Å². The number of benzene rings is 2. The Morgan fingerprint density at radius 3 is 2.65 bits per heavy atom. The molecule has 0 aromatic heterocycles. The molecule has 102 valence electrons. The topological polar surface area (TPSA) is 46.3 Å². The van der Waals surface area contributed by atoms with E-state index in [2.05, 4.69) is 6.07 Å². The Morgan fingerprint density at radius 2 is 1.90 bits per heavy atom. The molecule has 0 spiro atoms. The smallest absolute Gasteiger partial charge is 0.258 e. The van der Waals surface area contributed by atoms with Crippen molar-refractivity contribution in [3.63, 3.8) is 0 Å². The summed E-state index contributed by atoms with van der Waals surface area (Å²) in [6, 6.07) is 13.6. The number of amides is 1. The van der Waals surface area contributed by atoms with Crippen LogP contribution in [0.5, 0.6) is 0 Å². The van der Waals surface area contributed by atoms with Gasteiger partial charge in [0.1, 0.15) is 0 Å². The van der Waals surface area contributed by atoms with E-state index in [0.29, 0.717) is 11.3 Å². The Hall–Kier alpha value is -2.29. The van der Waals surface area contributed by atoms with Crippen molar-refractivity contribution in [2.45, 2.75) is 19.8 Å². The molecular weight excluding hydrogens is 248 g/mol. The van der Waals surface area contributed by atoms with Gasteiger partial charge in [-0.1, -0.05) is 29.8 Å². The zero-order valence-corrected chi connectivity index (χ0v) is 11.6. The number of anilines is 2. The summed E-state index contributed by atoms with van der Waals surface area (Å²) in [5.74, 6) is 0.0313. The molecule has 2 aromatic rings. The first-order chi connectivity index (χ1) is 9.66. The Morgan fingerprint density at radius 1 is 1.15 bits per heavy atom. The molecule has 3 heteroatoms. The molecule has 20 heavy (non-hydrogen) atoms. The predicted octanol–water partition coefficient (Wildman–Crippen LogP) is 3.17. The van der Waals surface area contributed by atoms with Crippen molar-refractivity contribution >= 4 is 17.3 Å². The van der Waals surface area contributed by atoms with Gasteiger partial charge in [-0.3, -0.25) is 4.79 Å². The molecule has 3 nitrogen and oxygen atoms in total. The molecule has 0 bridgehead atoms. The summed E-state index contributed by atoms with van der Waals surface area (Å²) in [6.07, 6.45) is 1.96. The summed E-state index contributed by atoms with van der Waals surface area (Å²) in [5.41, 5.74) is 10.7. The first-order valence-corrected chi connectivity index (χ1v) is 6.93. The van der Waals surface area contributed by atoms with E-state index in [1.807, 2.05) is 48.2 Å². The number of carbonyl (C=O) groups is 1.